The highest BCUT2D eigenvalue weighted by Gasteiger charge is 2.58. The first-order valence-corrected chi connectivity index (χ1v) is 6.42. The molecule has 64 valence electrons. The lowest BCUT2D eigenvalue weighted by Crippen LogP contribution is -2.11. The smallest absolute Gasteiger partial charge is 0.212 e. The normalized spacial score (nSPS) is 42.1. The zero-order chi connectivity index (χ0) is 8.11. The molecule has 0 N–H and O–H groups in total. The summed E-state index contributed by atoms with van der Waals surface area (Å²) in [6.07, 6.45) is 4.58. The molecule has 0 aromatic rings. The summed E-state index contributed by atoms with van der Waals surface area (Å²) in [6, 6.07) is 0. The predicted molar refractivity (Wildman–Crippen MR) is 44.0 cm³/mol. The molecule has 2 saturated carbocycles. The van der Waals surface area contributed by atoms with Gasteiger partial charge in [0.2, 0.25) is 9.05 Å². The SMILES string of the molecule is O=S(=O)(Cl)CC12CCCC1C2. The topological polar surface area (TPSA) is 34.1 Å². The Morgan fingerprint density at radius 2 is 2.27 bits per heavy atom. The molecule has 0 aliphatic heterocycles. The van der Waals surface area contributed by atoms with Crippen LogP contribution in [0.25, 0.3) is 0 Å². The average molecular weight is 195 g/mol. The van der Waals surface area contributed by atoms with E-state index >= 15 is 0 Å². The Balaban J connectivity index is 2.08. The van der Waals surface area contributed by atoms with E-state index in [4.69, 9.17) is 10.7 Å². The van der Waals surface area contributed by atoms with Crippen molar-refractivity contribution in [1.29, 1.82) is 0 Å². The molecule has 2 atom stereocenters. The summed E-state index contributed by atoms with van der Waals surface area (Å²) in [6.45, 7) is 0. The third-order valence-electron chi connectivity index (χ3n) is 3.05. The molecule has 0 spiro atoms. The number of rotatable bonds is 2. The molecule has 2 fully saturated rings. The Morgan fingerprint density at radius 1 is 1.55 bits per heavy atom. The summed E-state index contributed by atoms with van der Waals surface area (Å²) in [5.41, 5.74) is 0.126. The number of fused-ring (bicyclic) bond motifs is 1. The van der Waals surface area contributed by atoms with E-state index in [-0.39, 0.29) is 11.2 Å². The van der Waals surface area contributed by atoms with Gasteiger partial charge in [-0.15, -0.1) is 0 Å². The van der Waals surface area contributed by atoms with Gasteiger partial charge in [0, 0.05) is 10.7 Å². The van der Waals surface area contributed by atoms with E-state index < -0.39 is 9.05 Å². The van der Waals surface area contributed by atoms with Crippen molar-refractivity contribution in [1.82, 2.24) is 0 Å². The largest absolute Gasteiger partial charge is 0.233 e. The molecule has 2 rings (SSSR count). The van der Waals surface area contributed by atoms with E-state index in [0.29, 0.717) is 5.92 Å². The Morgan fingerprint density at radius 3 is 2.64 bits per heavy atom. The molecule has 0 aromatic carbocycles. The summed E-state index contributed by atoms with van der Waals surface area (Å²) >= 11 is 0. The van der Waals surface area contributed by atoms with Crippen LogP contribution in [-0.2, 0) is 9.05 Å². The Kier molecular flexibility index (Phi) is 1.53. The first kappa shape index (κ1) is 7.87. The minimum absolute atomic E-state index is 0.126. The maximum absolute atomic E-state index is 10.8. The Hall–Kier alpha value is 0.240. The van der Waals surface area contributed by atoms with Crippen molar-refractivity contribution in [3.63, 3.8) is 0 Å². The minimum Gasteiger partial charge on any atom is -0.212 e. The standard InChI is InChI=1S/C7H11ClO2S/c8-11(9,10)5-7-3-1-2-6(7)4-7/h6H,1-5H2. The van der Waals surface area contributed by atoms with Crippen LogP contribution < -0.4 is 0 Å². The van der Waals surface area contributed by atoms with Gasteiger partial charge in [0.15, 0.2) is 0 Å². The van der Waals surface area contributed by atoms with Gasteiger partial charge in [0.1, 0.15) is 0 Å². The molecule has 0 amide bonds. The third-order valence-corrected chi connectivity index (χ3v) is 4.29. The lowest BCUT2D eigenvalue weighted by molar-refractivity contribution is 0.530. The van der Waals surface area contributed by atoms with Gasteiger partial charge in [0.25, 0.3) is 0 Å². The van der Waals surface area contributed by atoms with Gasteiger partial charge in [-0.2, -0.15) is 0 Å². The van der Waals surface area contributed by atoms with Crippen LogP contribution in [-0.4, -0.2) is 14.2 Å². The second-order valence-corrected chi connectivity index (χ2v) is 6.62. The van der Waals surface area contributed by atoms with Crippen molar-refractivity contribution in [2.75, 3.05) is 5.75 Å². The first-order chi connectivity index (χ1) is 5.02. The van der Waals surface area contributed by atoms with E-state index in [1.807, 2.05) is 0 Å². The van der Waals surface area contributed by atoms with Crippen LogP contribution >= 0.6 is 10.7 Å². The van der Waals surface area contributed by atoms with E-state index in [1.165, 1.54) is 12.8 Å². The maximum Gasteiger partial charge on any atom is 0.233 e. The molecule has 2 nitrogen and oxygen atoms in total. The molecule has 2 aliphatic carbocycles. The van der Waals surface area contributed by atoms with Crippen molar-refractivity contribution in [2.24, 2.45) is 11.3 Å². The van der Waals surface area contributed by atoms with Crippen LogP contribution in [0.1, 0.15) is 25.7 Å². The average Bonchev–Trinajstić information content (AvgIpc) is 2.30. The summed E-state index contributed by atoms with van der Waals surface area (Å²) in [5, 5.41) is 0. The zero-order valence-electron chi connectivity index (χ0n) is 6.22. The van der Waals surface area contributed by atoms with Crippen molar-refractivity contribution >= 4 is 19.7 Å². The van der Waals surface area contributed by atoms with Crippen molar-refractivity contribution in [3.05, 3.63) is 0 Å². The van der Waals surface area contributed by atoms with Crippen molar-refractivity contribution in [3.8, 4) is 0 Å². The molecule has 0 aromatic heterocycles. The van der Waals surface area contributed by atoms with Crippen molar-refractivity contribution < 1.29 is 8.42 Å². The molecule has 4 heteroatoms. The van der Waals surface area contributed by atoms with Crippen LogP contribution in [0.5, 0.6) is 0 Å². The van der Waals surface area contributed by atoms with Crippen LogP contribution in [0.15, 0.2) is 0 Å². The second-order valence-electron chi connectivity index (χ2n) is 3.84. The molecule has 2 unspecified atom stereocenters. The van der Waals surface area contributed by atoms with Crippen LogP contribution in [0, 0.1) is 11.3 Å². The molecule has 0 heterocycles. The maximum atomic E-state index is 10.8. The highest BCUT2D eigenvalue weighted by atomic mass is 35.7. The first-order valence-electron chi connectivity index (χ1n) is 3.94. The second kappa shape index (κ2) is 2.13. The van der Waals surface area contributed by atoms with Gasteiger partial charge < -0.3 is 0 Å². The fourth-order valence-electron chi connectivity index (χ4n) is 2.44. The molecule has 0 radical (unpaired) electrons. The summed E-state index contributed by atoms with van der Waals surface area (Å²) in [5.74, 6) is 0.891. The predicted octanol–water partition coefficient (Wildman–Crippen LogP) is 1.75. The van der Waals surface area contributed by atoms with E-state index in [1.54, 1.807) is 0 Å². The number of hydrogen-bond donors (Lipinski definition) is 0. The lowest BCUT2D eigenvalue weighted by Gasteiger charge is -2.06. The summed E-state index contributed by atoms with van der Waals surface area (Å²) in [7, 11) is 1.95. The van der Waals surface area contributed by atoms with E-state index in [9.17, 15) is 8.42 Å². The fourth-order valence-corrected chi connectivity index (χ4v) is 4.28. The fraction of sp³-hybridized carbons (Fsp3) is 1.00. The van der Waals surface area contributed by atoms with Gasteiger partial charge in [0.05, 0.1) is 5.75 Å². The van der Waals surface area contributed by atoms with Gasteiger partial charge in [-0.05, 0) is 30.6 Å². The highest BCUT2D eigenvalue weighted by Crippen LogP contribution is 2.64. The zero-order valence-corrected chi connectivity index (χ0v) is 7.79. The molecule has 0 saturated heterocycles. The summed E-state index contributed by atoms with van der Waals surface area (Å²) in [4.78, 5) is 0. The summed E-state index contributed by atoms with van der Waals surface area (Å²) < 4.78 is 21.6. The number of hydrogen-bond acceptors (Lipinski definition) is 2. The molecule has 11 heavy (non-hydrogen) atoms. The van der Waals surface area contributed by atoms with Crippen LogP contribution in [0.4, 0.5) is 0 Å². The Bertz CT molecular complexity index is 272. The van der Waals surface area contributed by atoms with Gasteiger partial charge in [-0.3, -0.25) is 0 Å². The highest BCUT2D eigenvalue weighted by molar-refractivity contribution is 8.13. The lowest BCUT2D eigenvalue weighted by atomic mass is 10.1. The monoisotopic (exact) mass is 194 g/mol. The number of halogens is 1. The minimum atomic E-state index is -3.25. The quantitative estimate of drug-likeness (QED) is 0.628. The molecular formula is C7H11ClO2S. The van der Waals surface area contributed by atoms with Crippen LogP contribution in [0.3, 0.4) is 0 Å². The van der Waals surface area contributed by atoms with E-state index in [2.05, 4.69) is 0 Å². The molecule has 2 aliphatic rings. The van der Waals surface area contributed by atoms with Gasteiger partial charge >= 0.3 is 0 Å². The Labute approximate surface area is 71.3 Å². The third kappa shape index (κ3) is 1.41. The molecular weight excluding hydrogens is 184 g/mol. The van der Waals surface area contributed by atoms with Gasteiger partial charge in [-0.1, -0.05) is 6.42 Å². The van der Waals surface area contributed by atoms with Crippen molar-refractivity contribution in [2.45, 2.75) is 25.7 Å². The van der Waals surface area contributed by atoms with Crippen LogP contribution in [0.2, 0.25) is 0 Å². The van der Waals surface area contributed by atoms with Gasteiger partial charge in [-0.25, -0.2) is 8.42 Å². The van der Waals surface area contributed by atoms with E-state index in [0.717, 1.165) is 12.8 Å². The molecule has 0 bridgehead atoms.